The second-order valence-corrected chi connectivity index (χ2v) is 6.79. The molecule has 0 N–H and O–H groups in total. The van der Waals surface area contributed by atoms with Gasteiger partial charge in [0.15, 0.2) is 5.50 Å². The first-order valence-corrected chi connectivity index (χ1v) is 7.54. The monoisotopic (exact) mass is 261 g/mol. The Morgan fingerprint density at radius 3 is 2.24 bits per heavy atom. The van der Waals surface area contributed by atoms with Crippen LogP contribution in [0.2, 0.25) is 0 Å². The molecule has 1 saturated heterocycles. The highest BCUT2D eigenvalue weighted by Gasteiger charge is 2.34. The summed E-state index contributed by atoms with van der Waals surface area (Å²) < 4.78 is 1.05. The molecule has 1 heterocycles. The Morgan fingerprint density at radius 2 is 1.76 bits per heavy atom. The number of piperidine rings is 1. The van der Waals surface area contributed by atoms with E-state index in [2.05, 4.69) is 39.6 Å². The summed E-state index contributed by atoms with van der Waals surface area (Å²) in [6.07, 6.45) is 3.82. The van der Waals surface area contributed by atoms with Crippen molar-refractivity contribution in [3.05, 3.63) is 0 Å². The number of quaternary nitrogens is 1. The predicted octanol–water partition coefficient (Wildman–Crippen LogP) is 3.30. The molecule has 1 fully saturated rings. The summed E-state index contributed by atoms with van der Waals surface area (Å²) in [6, 6.07) is 1.25. The van der Waals surface area contributed by atoms with Gasteiger partial charge in [-0.05, 0) is 40.5 Å². The Kier molecular flexibility index (Phi) is 5.75. The summed E-state index contributed by atoms with van der Waals surface area (Å²) in [7, 11) is 2.33. The van der Waals surface area contributed by atoms with Crippen molar-refractivity contribution in [1.29, 1.82) is 0 Å². The number of hydrogen-bond donors (Lipinski definition) is 0. The van der Waals surface area contributed by atoms with Crippen molar-refractivity contribution in [2.45, 2.75) is 64.5 Å². The van der Waals surface area contributed by atoms with Gasteiger partial charge in [0.25, 0.3) is 0 Å². The molecule has 1 aliphatic heterocycles. The van der Waals surface area contributed by atoms with Crippen molar-refractivity contribution in [2.75, 3.05) is 26.7 Å². The van der Waals surface area contributed by atoms with Crippen molar-refractivity contribution in [2.24, 2.45) is 0 Å². The fraction of sp³-hybridized carbons (Fsp3) is 1.00. The molecule has 2 nitrogen and oxygen atoms in total. The van der Waals surface area contributed by atoms with Gasteiger partial charge in [-0.15, -0.1) is 0 Å². The number of likely N-dealkylation sites (N-methyl/N-ethyl adjacent to an activating group) is 1. The van der Waals surface area contributed by atoms with Gasteiger partial charge in [-0.25, -0.2) is 0 Å². The average molecular weight is 262 g/mol. The largest absolute Gasteiger partial charge is 0.310 e. The van der Waals surface area contributed by atoms with Gasteiger partial charge < -0.3 is 4.48 Å². The minimum absolute atomic E-state index is 0.324. The third-order valence-electron chi connectivity index (χ3n) is 4.23. The fourth-order valence-electron chi connectivity index (χ4n) is 2.95. The van der Waals surface area contributed by atoms with E-state index in [9.17, 15) is 0 Å². The lowest BCUT2D eigenvalue weighted by atomic mass is 10.1. The summed E-state index contributed by atoms with van der Waals surface area (Å²) in [5.74, 6) is 0. The molecule has 17 heavy (non-hydrogen) atoms. The van der Waals surface area contributed by atoms with Crippen LogP contribution in [0.3, 0.4) is 0 Å². The second-order valence-electron chi connectivity index (χ2n) is 6.28. The maximum atomic E-state index is 6.52. The summed E-state index contributed by atoms with van der Waals surface area (Å²) in [4.78, 5) is 2.57. The third kappa shape index (κ3) is 4.11. The Morgan fingerprint density at radius 1 is 1.18 bits per heavy atom. The smallest absolute Gasteiger partial charge is 0.164 e. The molecule has 0 radical (unpaired) electrons. The molecule has 0 bridgehead atoms. The summed E-state index contributed by atoms with van der Waals surface area (Å²) in [6.45, 7) is 12.7. The Bertz CT molecular complexity index is 222. The van der Waals surface area contributed by atoms with E-state index in [4.69, 9.17) is 11.6 Å². The maximum Gasteiger partial charge on any atom is 0.164 e. The molecule has 0 aromatic heterocycles. The van der Waals surface area contributed by atoms with Crippen LogP contribution in [0, 0.1) is 0 Å². The van der Waals surface area contributed by atoms with E-state index in [1.165, 1.54) is 32.4 Å². The quantitative estimate of drug-likeness (QED) is 0.417. The Labute approximate surface area is 113 Å². The number of likely N-dealkylation sites (tertiary alicyclic amines) is 1. The van der Waals surface area contributed by atoms with Gasteiger partial charge >= 0.3 is 0 Å². The zero-order valence-electron chi connectivity index (χ0n) is 12.2. The highest BCUT2D eigenvalue weighted by Crippen LogP contribution is 2.26. The zero-order chi connectivity index (χ0) is 13.1. The molecular formula is C14H30ClN2+. The number of alkyl halides is 1. The zero-order valence-corrected chi connectivity index (χ0v) is 13.0. The van der Waals surface area contributed by atoms with Crippen LogP contribution in [0.1, 0.15) is 47.0 Å². The summed E-state index contributed by atoms with van der Waals surface area (Å²) in [5, 5.41) is 0. The number of halogens is 1. The molecule has 0 aliphatic carbocycles. The SMILES string of the molecule is CC(C)N(CC[N+]1(C)CCCCC1Cl)C(C)C. The van der Waals surface area contributed by atoms with Gasteiger partial charge in [-0.2, -0.15) is 0 Å². The van der Waals surface area contributed by atoms with Crippen LogP contribution in [0.5, 0.6) is 0 Å². The van der Waals surface area contributed by atoms with Crippen LogP contribution in [0.4, 0.5) is 0 Å². The number of rotatable bonds is 5. The van der Waals surface area contributed by atoms with Crippen LogP contribution < -0.4 is 0 Å². The van der Waals surface area contributed by atoms with Crippen LogP contribution in [-0.2, 0) is 0 Å². The molecule has 0 saturated carbocycles. The van der Waals surface area contributed by atoms with E-state index in [0.29, 0.717) is 17.6 Å². The van der Waals surface area contributed by atoms with Gasteiger partial charge in [-0.3, -0.25) is 4.90 Å². The van der Waals surface area contributed by atoms with Crippen molar-refractivity contribution in [1.82, 2.24) is 4.90 Å². The van der Waals surface area contributed by atoms with E-state index < -0.39 is 0 Å². The molecule has 102 valence electrons. The minimum Gasteiger partial charge on any atom is -0.310 e. The Balaban J connectivity index is 2.52. The first kappa shape index (κ1) is 15.3. The molecule has 1 aliphatic rings. The van der Waals surface area contributed by atoms with E-state index in [-0.39, 0.29) is 0 Å². The standard InChI is InChI=1S/C14H30ClN2/c1-12(2)16(13(3)4)9-11-17(5)10-7-6-8-14(17)15/h12-14H,6-11H2,1-5H3/q+1. The molecule has 0 aromatic rings. The first-order chi connectivity index (χ1) is 7.87. The van der Waals surface area contributed by atoms with Crippen LogP contribution in [0.15, 0.2) is 0 Å². The van der Waals surface area contributed by atoms with E-state index >= 15 is 0 Å². The van der Waals surface area contributed by atoms with Gasteiger partial charge in [0, 0.05) is 25.0 Å². The van der Waals surface area contributed by atoms with Crippen LogP contribution in [0.25, 0.3) is 0 Å². The van der Waals surface area contributed by atoms with E-state index in [0.717, 1.165) is 11.0 Å². The average Bonchev–Trinajstić information content (AvgIpc) is 2.22. The lowest BCUT2D eigenvalue weighted by Crippen LogP contribution is -2.56. The van der Waals surface area contributed by atoms with E-state index in [1.807, 2.05) is 0 Å². The summed E-state index contributed by atoms with van der Waals surface area (Å²) >= 11 is 6.52. The van der Waals surface area contributed by atoms with Crippen LogP contribution in [-0.4, -0.2) is 53.6 Å². The number of nitrogens with zero attached hydrogens (tertiary/aromatic N) is 2. The molecule has 2 atom stereocenters. The lowest BCUT2D eigenvalue weighted by Gasteiger charge is -2.43. The number of hydrogen-bond acceptors (Lipinski definition) is 1. The Hall–Kier alpha value is 0.210. The molecule has 3 heteroatoms. The van der Waals surface area contributed by atoms with Gasteiger partial charge in [0.2, 0.25) is 0 Å². The van der Waals surface area contributed by atoms with Gasteiger partial charge in [-0.1, -0.05) is 11.6 Å². The maximum absolute atomic E-state index is 6.52. The topological polar surface area (TPSA) is 3.24 Å². The molecule has 0 aromatic carbocycles. The van der Waals surface area contributed by atoms with Crippen molar-refractivity contribution in [3.8, 4) is 0 Å². The van der Waals surface area contributed by atoms with Crippen molar-refractivity contribution >= 4 is 11.6 Å². The summed E-state index contributed by atoms with van der Waals surface area (Å²) in [5.41, 5.74) is 0.324. The highest BCUT2D eigenvalue weighted by atomic mass is 35.5. The second kappa shape index (κ2) is 6.40. The predicted molar refractivity (Wildman–Crippen MR) is 76.4 cm³/mol. The molecule has 0 spiro atoms. The molecule has 1 rings (SSSR count). The van der Waals surface area contributed by atoms with Gasteiger partial charge in [0.05, 0.1) is 20.1 Å². The van der Waals surface area contributed by atoms with E-state index in [1.54, 1.807) is 0 Å². The third-order valence-corrected chi connectivity index (χ3v) is 4.92. The van der Waals surface area contributed by atoms with Crippen molar-refractivity contribution < 1.29 is 4.48 Å². The van der Waals surface area contributed by atoms with Crippen molar-refractivity contribution in [3.63, 3.8) is 0 Å². The highest BCUT2D eigenvalue weighted by molar-refractivity contribution is 6.19. The first-order valence-electron chi connectivity index (χ1n) is 7.11. The fourth-order valence-corrected chi connectivity index (χ4v) is 3.30. The van der Waals surface area contributed by atoms with Gasteiger partial charge in [0.1, 0.15) is 0 Å². The minimum atomic E-state index is 0.324. The molecule has 0 amide bonds. The molecule has 2 unspecified atom stereocenters. The normalized spacial score (nSPS) is 30.5. The van der Waals surface area contributed by atoms with Crippen LogP contribution >= 0.6 is 11.6 Å². The molecular weight excluding hydrogens is 232 g/mol. The lowest BCUT2D eigenvalue weighted by molar-refractivity contribution is -0.925.